The summed E-state index contributed by atoms with van der Waals surface area (Å²) in [6.45, 7) is 1.83. The molecule has 0 saturated carbocycles. The maximum absolute atomic E-state index is 15.0. The summed E-state index contributed by atoms with van der Waals surface area (Å²) < 4.78 is 45.9. The minimum absolute atomic E-state index is 0.0232. The highest BCUT2D eigenvalue weighted by Crippen LogP contribution is 2.33. The Hall–Kier alpha value is -4.27. The van der Waals surface area contributed by atoms with E-state index in [1.165, 1.54) is 41.2 Å². The molecule has 6 nitrogen and oxygen atoms in total. The van der Waals surface area contributed by atoms with Gasteiger partial charge >= 0.3 is 0 Å². The van der Waals surface area contributed by atoms with Crippen molar-refractivity contribution >= 4 is 27.5 Å². The maximum atomic E-state index is 15.0. The molecule has 0 saturated heterocycles. The molecule has 0 radical (unpaired) electrons. The molecule has 0 N–H and O–H groups in total. The van der Waals surface area contributed by atoms with Crippen LogP contribution in [0.25, 0.3) is 11.3 Å². The predicted octanol–water partition coefficient (Wildman–Crippen LogP) is 6.35. The van der Waals surface area contributed by atoms with Gasteiger partial charge in [0.05, 0.1) is 19.3 Å². The zero-order valence-electron chi connectivity index (χ0n) is 23.6. The number of amidine groups is 1. The molecule has 1 unspecified atom stereocenters. The average Bonchev–Trinajstić information content (AvgIpc) is 3.46. The van der Waals surface area contributed by atoms with E-state index in [-0.39, 0.29) is 28.0 Å². The SMILES string of the molecule is CN(Cc1cc(-c2ccccc2F)n(S(=O)(=O)c2cccnc2)c1)C(CCl)=[N+]1Cc2ccccc2C(c2ccccc2)C1. The van der Waals surface area contributed by atoms with Crippen molar-refractivity contribution in [3.05, 3.63) is 144 Å². The van der Waals surface area contributed by atoms with E-state index in [2.05, 4.69) is 58.1 Å². The van der Waals surface area contributed by atoms with Crippen molar-refractivity contribution < 1.29 is 17.4 Å². The fraction of sp³-hybridized carbons (Fsp3) is 0.176. The lowest BCUT2D eigenvalue weighted by atomic mass is 9.85. The normalized spacial score (nSPS) is 16.0. The summed E-state index contributed by atoms with van der Waals surface area (Å²) in [5.74, 6) is 0.869. The van der Waals surface area contributed by atoms with Crippen molar-refractivity contribution in [3.8, 4) is 11.3 Å². The Labute approximate surface area is 256 Å². The molecule has 0 aliphatic carbocycles. The number of aromatic nitrogens is 2. The first kappa shape index (κ1) is 28.8. The van der Waals surface area contributed by atoms with E-state index in [9.17, 15) is 12.8 Å². The molecule has 0 amide bonds. The first-order valence-corrected chi connectivity index (χ1v) is 16.0. The molecular formula is C34H31ClFN4O2S+. The van der Waals surface area contributed by atoms with Gasteiger partial charge in [-0.15, -0.1) is 11.6 Å². The zero-order valence-corrected chi connectivity index (χ0v) is 25.2. The van der Waals surface area contributed by atoms with Crippen molar-refractivity contribution in [2.75, 3.05) is 19.5 Å². The fourth-order valence-electron chi connectivity index (χ4n) is 5.83. The van der Waals surface area contributed by atoms with Gasteiger partial charge in [-0.3, -0.25) is 14.5 Å². The molecule has 3 aromatic carbocycles. The van der Waals surface area contributed by atoms with Crippen LogP contribution in [0.4, 0.5) is 4.39 Å². The molecule has 5 aromatic rings. The third-order valence-corrected chi connectivity index (χ3v) is 9.82. The second-order valence-electron chi connectivity index (χ2n) is 10.7. The highest BCUT2D eigenvalue weighted by molar-refractivity contribution is 7.90. The van der Waals surface area contributed by atoms with Gasteiger partial charge in [0.25, 0.3) is 15.9 Å². The quantitative estimate of drug-likeness (QED) is 0.122. The summed E-state index contributed by atoms with van der Waals surface area (Å²) in [7, 11) is -2.09. The molecule has 0 spiro atoms. The van der Waals surface area contributed by atoms with E-state index < -0.39 is 15.8 Å². The lowest BCUT2D eigenvalue weighted by molar-refractivity contribution is -0.554. The third kappa shape index (κ3) is 5.72. The summed E-state index contributed by atoms with van der Waals surface area (Å²) in [5, 5.41) is 0. The number of hydrogen-bond acceptors (Lipinski definition) is 3. The number of hydrogen-bond donors (Lipinski definition) is 0. The van der Waals surface area contributed by atoms with Crippen LogP contribution in [0.5, 0.6) is 0 Å². The molecule has 1 atom stereocenters. The highest BCUT2D eigenvalue weighted by Gasteiger charge is 2.31. The van der Waals surface area contributed by atoms with Gasteiger partial charge in [0.1, 0.15) is 29.7 Å². The Kier molecular flexibility index (Phi) is 8.15. The number of fused-ring (bicyclic) bond motifs is 1. The summed E-state index contributed by atoms with van der Waals surface area (Å²) in [6, 6.07) is 29.9. The van der Waals surface area contributed by atoms with Crippen LogP contribution in [0, 0.1) is 5.82 Å². The Bertz CT molecular complexity index is 1890. The Morgan fingerprint density at radius 3 is 2.51 bits per heavy atom. The molecule has 6 rings (SSSR count). The lowest BCUT2D eigenvalue weighted by Gasteiger charge is -2.29. The van der Waals surface area contributed by atoms with Gasteiger partial charge in [0.15, 0.2) is 0 Å². The lowest BCUT2D eigenvalue weighted by Crippen LogP contribution is -2.40. The number of pyridine rings is 1. The van der Waals surface area contributed by atoms with Crippen LogP contribution in [-0.2, 0) is 23.1 Å². The van der Waals surface area contributed by atoms with E-state index in [1.807, 2.05) is 18.0 Å². The minimum atomic E-state index is -4.04. The number of alkyl halides is 1. The molecular weight excluding hydrogens is 583 g/mol. The highest BCUT2D eigenvalue weighted by atomic mass is 35.5. The first-order chi connectivity index (χ1) is 20.9. The van der Waals surface area contributed by atoms with E-state index in [0.717, 1.165) is 16.4 Å². The number of rotatable bonds is 7. The molecule has 2 aromatic heterocycles. The summed E-state index contributed by atoms with van der Waals surface area (Å²) in [6.07, 6.45) is 4.37. The minimum Gasteiger partial charge on any atom is -0.263 e. The fourth-order valence-corrected chi connectivity index (χ4v) is 7.56. The van der Waals surface area contributed by atoms with Gasteiger partial charge in [-0.1, -0.05) is 66.7 Å². The standard InChI is InChI=1S/C34H31ClFN4O2S/c1-38(34(19-35)39-23-27-12-5-6-14-29(27)31(24-39)26-10-3-2-4-11-26)21-25-18-33(30-15-7-8-16-32(30)36)40(22-25)43(41,42)28-13-9-17-37-20-28/h2-18,20,22,31H,19,21,23-24H2,1H3/q+1. The van der Waals surface area contributed by atoms with Crippen LogP contribution >= 0.6 is 11.6 Å². The monoisotopic (exact) mass is 613 g/mol. The van der Waals surface area contributed by atoms with Crippen molar-refractivity contribution in [2.45, 2.75) is 23.9 Å². The van der Waals surface area contributed by atoms with E-state index >= 15 is 0 Å². The summed E-state index contributed by atoms with van der Waals surface area (Å²) in [4.78, 5) is 6.05. The van der Waals surface area contributed by atoms with E-state index in [0.29, 0.717) is 18.7 Å². The molecule has 0 bridgehead atoms. The first-order valence-electron chi connectivity index (χ1n) is 14.0. The van der Waals surface area contributed by atoms with Crippen LogP contribution in [0.3, 0.4) is 0 Å². The average molecular weight is 614 g/mol. The van der Waals surface area contributed by atoms with Crippen LogP contribution in [-0.4, -0.2) is 52.2 Å². The molecule has 3 heterocycles. The number of halogens is 2. The van der Waals surface area contributed by atoms with Crippen LogP contribution < -0.4 is 0 Å². The second-order valence-corrected chi connectivity index (χ2v) is 12.7. The van der Waals surface area contributed by atoms with Gasteiger partial charge < -0.3 is 0 Å². The van der Waals surface area contributed by atoms with E-state index in [1.54, 1.807) is 36.5 Å². The number of benzene rings is 3. The van der Waals surface area contributed by atoms with Crippen LogP contribution in [0.1, 0.15) is 28.2 Å². The van der Waals surface area contributed by atoms with Gasteiger partial charge in [-0.25, -0.2) is 16.8 Å². The Balaban J connectivity index is 1.38. The largest absolute Gasteiger partial charge is 0.269 e. The van der Waals surface area contributed by atoms with Crippen molar-refractivity contribution in [2.24, 2.45) is 0 Å². The molecule has 1 aliphatic heterocycles. The van der Waals surface area contributed by atoms with E-state index in [4.69, 9.17) is 11.6 Å². The van der Waals surface area contributed by atoms with Crippen LogP contribution in [0.2, 0.25) is 0 Å². The third-order valence-electron chi connectivity index (χ3n) is 7.93. The topological polar surface area (TPSA) is 58.2 Å². The molecule has 9 heteroatoms. The van der Waals surface area contributed by atoms with Crippen molar-refractivity contribution in [1.82, 2.24) is 13.9 Å². The zero-order chi connectivity index (χ0) is 30.0. The molecule has 1 aliphatic rings. The predicted molar refractivity (Wildman–Crippen MR) is 167 cm³/mol. The second kappa shape index (κ2) is 12.1. The Morgan fingerprint density at radius 2 is 1.77 bits per heavy atom. The summed E-state index contributed by atoms with van der Waals surface area (Å²) >= 11 is 6.61. The van der Waals surface area contributed by atoms with Gasteiger partial charge in [-0.2, -0.15) is 0 Å². The number of nitrogens with zero attached hydrogens (tertiary/aromatic N) is 4. The molecule has 0 fully saturated rings. The van der Waals surface area contributed by atoms with Gasteiger partial charge in [-0.05, 0) is 47.0 Å². The van der Waals surface area contributed by atoms with Gasteiger partial charge in [0, 0.05) is 35.6 Å². The maximum Gasteiger partial charge on any atom is 0.269 e. The smallest absolute Gasteiger partial charge is 0.263 e. The van der Waals surface area contributed by atoms with Crippen LogP contribution in [0.15, 0.2) is 121 Å². The Morgan fingerprint density at radius 1 is 1.02 bits per heavy atom. The van der Waals surface area contributed by atoms with Crippen molar-refractivity contribution in [3.63, 3.8) is 0 Å². The summed E-state index contributed by atoms with van der Waals surface area (Å²) in [5.41, 5.74) is 4.94. The van der Waals surface area contributed by atoms with Crippen molar-refractivity contribution in [1.29, 1.82) is 0 Å². The molecule has 218 valence electrons. The van der Waals surface area contributed by atoms with Gasteiger partial charge in [0.2, 0.25) is 0 Å². The molecule has 43 heavy (non-hydrogen) atoms.